The van der Waals surface area contributed by atoms with Gasteiger partial charge in [0.25, 0.3) is 0 Å². The fraction of sp³-hybridized carbons (Fsp3) is 0.263. The molecule has 23 heavy (non-hydrogen) atoms. The number of hydrogen-bond acceptors (Lipinski definition) is 2. The minimum absolute atomic E-state index is 0.0894. The Morgan fingerprint density at radius 1 is 0.957 bits per heavy atom. The third-order valence-corrected chi connectivity index (χ3v) is 4.29. The molecule has 118 valence electrons. The van der Waals surface area contributed by atoms with Crippen LogP contribution < -0.4 is 4.90 Å². The largest absolute Gasteiger partial charge is 0.274 e. The lowest BCUT2D eigenvalue weighted by molar-refractivity contribution is -0.129. The van der Waals surface area contributed by atoms with Gasteiger partial charge in [0.2, 0.25) is 11.8 Å². The Balaban J connectivity index is 1.85. The Bertz CT molecular complexity index is 749. The van der Waals surface area contributed by atoms with Gasteiger partial charge in [-0.05, 0) is 43.2 Å². The van der Waals surface area contributed by atoms with Crippen LogP contribution in [-0.4, -0.2) is 11.8 Å². The van der Waals surface area contributed by atoms with Crippen LogP contribution in [-0.2, 0) is 9.59 Å². The highest BCUT2D eigenvalue weighted by Gasteiger charge is 2.34. The summed E-state index contributed by atoms with van der Waals surface area (Å²) in [5, 5.41) is 0. The van der Waals surface area contributed by atoms with Gasteiger partial charge in [0, 0.05) is 18.8 Å². The Hall–Kier alpha value is -2.49. The van der Waals surface area contributed by atoms with Crippen molar-refractivity contribution < 1.29 is 14.0 Å². The minimum atomic E-state index is -0.344. The number of nitrogens with zero attached hydrogens (tertiary/aromatic N) is 1. The summed E-state index contributed by atoms with van der Waals surface area (Å²) < 4.78 is 13.4. The number of halogens is 1. The smallest absolute Gasteiger partial charge is 0.234 e. The monoisotopic (exact) mass is 311 g/mol. The third kappa shape index (κ3) is 3.02. The Kier molecular flexibility index (Phi) is 3.99. The van der Waals surface area contributed by atoms with Crippen LogP contribution in [0.2, 0.25) is 0 Å². The summed E-state index contributed by atoms with van der Waals surface area (Å²) in [6, 6.07) is 12.2. The zero-order valence-corrected chi connectivity index (χ0v) is 13.2. The Morgan fingerprint density at radius 3 is 2.13 bits per heavy atom. The molecule has 4 heteroatoms. The number of hydrogen-bond donors (Lipinski definition) is 0. The second-order valence-corrected chi connectivity index (χ2v) is 6.07. The minimum Gasteiger partial charge on any atom is -0.274 e. The van der Waals surface area contributed by atoms with E-state index in [1.165, 1.54) is 23.1 Å². The van der Waals surface area contributed by atoms with E-state index in [0.29, 0.717) is 11.3 Å². The van der Waals surface area contributed by atoms with E-state index in [1.54, 1.807) is 6.92 Å². The van der Waals surface area contributed by atoms with Crippen molar-refractivity contribution in [2.24, 2.45) is 0 Å². The second kappa shape index (κ2) is 5.95. The third-order valence-electron chi connectivity index (χ3n) is 4.29. The van der Waals surface area contributed by atoms with Gasteiger partial charge in [0.05, 0.1) is 5.69 Å². The molecule has 2 amide bonds. The molecule has 0 aliphatic carbocycles. The summed E-state index contributed by atoms with van der Waals surface area (Å²) in [5.74, 6) is -0.910. The van der Waals surface area contributed by atoms with Crippen LogP contribution in [0.1, 0.15) is 35.4 Å². The highest BCUT2D eigenvalue weighted by molar-refractivity contribution is 6.17. The van der Waals surface area contributed by atoms with Crippen LogP contribution in [0.4, 0.5) is 10.1 Å². The van der Waals surface area contributed by atoms with E-state index in [4.69, 9.17) is 0 Å². The molecular weight excluding hydrogens is 293 g/mol. The van der Waals surface area contributed by atoms with Crippen LogP contribution in [0.15, 0.2) is 42.5 Å². The molecule has 1 aliphatic heterocycles. The summed E-state index contributed by atoms with van der Waals surface area (Å²) in [5.41, 5.74) is 3.02. The van der Waals surface area contributed by atoms with Crippen LogP contribution in [0.3, 0.4) is 0 Å². The quantitative estimate of drug-likeness (QED) is 0.789. The summed E-state index contributed by atoms with van der Waals surface area (Å²) in [4.78, 5) is 26.1. The lowest BCUT2D eigenvalue weighted by Crippen LogP contribution is -2.42. The molecule has 0 N–H and O–H groups in total. The zero-order chi connectivity index (χ0) is 16.6. The summed E-state index contributed by atoms with van der Waals surface area (Å²) in [6.07, 6.45) is 0.566. The molecule has 2 aromatic carbocycles. The van der Waals surface area contributed by atoms with Gasteiger partial charge < -0.3 is 0 Å². The number of benzene rings is 2. The standard InChI is InChI=1S/C19H18FNO2/c1-12-3-5-14(6-4-12)15-10-18(22)21(19(23)11-15)16-7-8-17(20)13(2)9-16/h3-9,15H,10-11H2,1-2H3. The number of piperidine rings is 1. The second-order valence-electron chi connectivity index (χ2n) is 6.07. The van der Waals surface area contributed by atoms with E-state index in [0.717, 1.165) is 11.1 Å². The average Bonchev–Trinajstić information content (AvgIpc) is 2.51. The fourth-order valence-electron chi connectivity index (χ4n) is 2.95. The molecule has 0 aromatic heterocycles. The number of imide groups is 1. The van der Waals surface area contributed by atoms with Crippen molar-refractivity contribution >= 4 is 17.5 Å². The van der Waals surface area contributed by atoms with Crippen molar-refractivity contribution in [2.45, 2.75) is 32.6 Å². The molecule has 1 fully saturated rings. The molecule has 3 nitrogen and oxygen atoms in total. The molecule has 0 unspecified atom stereocenters. The van der Waals surface area contributed by atoms with E-state index in [-0.39, 0.29) is 36.4 Å². The molecule has 0 atom stereocenters. The molecule has 1 heterocycles. The number of carbonyl (C=O) groups excluding carboxylic acids is 2. The van der Waals surface area contributed by atoms with E-state index >= 15 is 0 Å². The SMILES string of the molecule is Cc1ccc(C2CC(=O)N(c3ccc(F)c(C)c3)C(=O)C2)cc1. The Morgan fingerprint density at radius 2 is 1.57 bits per heavy atom. The number of aryl methyl sites for hydroxylation is 2. The number of carbonyl (C=O) groups is 2. The highest BCUT2D eigenvalue weighted by Crippen LogP contribution is 2.32. The van der Waals surface area contributed by atoms with E-state index < -0.39 is 0 Å². The van der Waals surface area contributed by atoms with Gasteiger partial charge in [-0.3, -0.25) is 14.5 Å². The Labute approximate surface area is 134 Å². The molecule has 0 saturated carbocycles. The van der Waals surface area contributed by atoms with E-state index in [9.17, 15) is 14.0 Å². The summed E-state index contributed by atoms with van der Waals surface area (Å²) in [7, 11) is 0. The van der Waals surface area contributed by atoms with Crippen molar-refractivity contribution in [1.29, 1.82) is 0 Å². The van der Waals surface area contributed by atoms with Gasteiger partial charge >= 0.3 is 0 Å². The first kappa shape index (κ1) is 15.4. The van der Waals surface area contributed by atoms with Crippen LogP contribution in [0, 0.1) is 19.7 Å². The average molecular weight is 311 g/mol. The lowest BCUT2D eigenvalue weighted by Gasteiger charge is -2.30. The lowest BCUT2D eigenvalue weighted by atomic mass is 9.88. The molecule has 1 saturated heterocycles. The van der Waals surface area contributed by atoms with Crippen molar-refractivity contribution in [2.75, 3.05) is 4.90 Å². The fourth-order valence-corrected chi connectivity index (χ4v) is 2.95. The maximum absolute atomic E-state index is 13.4. The molecule has 0 bridgehead atoms. The normalized spacial score (nSPS) is 16.0. The molecule has 0 spiro atoms. The predicted molar refractivity (Wildman–Crippen MR) is 86.8 cm³/mol. The first-order chi connectivity index (χ1) is 11.0. The molecule has 3 rings (SSSR count). The highest BCUT2D eigenvalue weighted by atomic mass is 19.1. The van der Waals surface area contributed by atoms with Crippen LogP contribution in [0.25, 0.3) is 0 Å². The summed E-state index contributed by atoms with van der Waals surface area (Å²) >= 11 is 0. The van der Waals surface area contributed by atoms with Crippen LogP contribution in [0.5, 0.6) is 0 Å². The van der Waals surface area contributed by atoms with Crippen molar-refractivity contribution in [3.8, 4) is 0 Å². The van der Waals surface area contributed by atoms with E-state index in [1.807, 2.05) is 31.2 Å². The number of amides is 2. The van der Waals surface area contributed by atoms with Crippen molar-refractivity contribution in [3.05, 3.63) is 65.0 Å². The topological polar surface area (TPSA) is 37.4 Å². The van der Waals surface area contributed by atoms with Crippen molar-refractivity contribution in [1.82, 2.24) is 0 Å². The zero-order valence-electron chi connectivity index (χ0n) is 13.2. The first-order valence-corrected chi connectivity index (χ1v) is 7.64. The van der Waals surface area contributed by atoms with Crippen LogP contribution >= 0.6 is 0 Å². The molecule has 2 aromatic rings. The first-order valence-electron chi connectivity index (χ1n) is 7.64. The summed E-state index contributed by atoms with van der Waals surface area (Å²) in [6.45, 7) is 3.62. The van der Waals surface area contributed by atoms with Gasteiger partial charge in [-0.1, -0.05) is 29.8 Å². The maximum atomic E-state index is 13.4. The van der Waals surface area contributed by atoms with Gasteiger partial charge in [-0.25, -0.2) is 4.39 Å². The van der Waals surface area contributed by atoms with Gasteiger partial charge in [0.1, 0.15) is 5.82 Å². The number of rotatable bonds is 2. The van der Waals surface area contributed by atoms with Crippen molar-refractivity contribution in [3.63, 3.8) is 0 Å². The molecular formula is C19H18FNO2. The molecule has 0 radical (unpaired) electrons. The predicted octanol–water partition coefficient (Wildman–Crippen LogP) is 3.88. The van der Waals surface area contributed by atoms with Gasteiger partial charge in [-0.2, -0.15) is 0 Å². The number of anilines is 1. The van der Waals surface area contributed by atoms with Gasteiger partial charge in [-0.15, -0.1) is 0 Å². The maximum Gasteiger partial charge on any atom is 0.234 e. The van der Waals surface area contributed by atoms with Gasteiger partial charge in [0.15, 0.2) is 0 Å². The van der Waals surface area contributed by atoms with E-state index in [2.05, 4.69) is 0 Å². The molecule has 1 aliphatic rings.